The van der Waals surface area contributed by atoms with Gasteiger partial charge >= 0.3 is 0 Å². The zero-order chi connectivity index (χ0) is 19.1. The first-order chi connectivity index (χ1) is 12.4. The van der Waals surface area contributed by atoms with Crippen molar-refractivity contribution in [2.45, 2.75) is 38.6 Å². The highest BCUT2D eigenvalue weighted by atomic mass is 16.5. The molecule has 1 fully saturated rings. The maximum absolute atomic E-state index is 12.9. The minimum absolute atomic E-state index is 0.0541. The van der Waals surface area contributed by atoms with Crippen molar-refractivity contribution in [3.63, 3.8) is 0 Å². The highest BCUT2D eigenvalue weighted by Crippen LogP contribution is 2.28. The zero-order valence-corrected chi connectivity index (χ0v) is 16.4. The Kier molecular flexibility index (Phi) is 7.51. The molecule has 0 atom stereocenters. The van der Waals surface area contributed by atoms with E-state index in [1.54, 1.807) is 30.4 Å². The van der Waals surface area contributed by atoms with E-state index in [0.717, 1.165) is 37.4 Å². The summed E-state index contributed by atoms with van der Waals surface area (Å²) in [5.74, 6) is 1.32. The number of likely N-dealkylation sites (N-methyl/N-ethyl adjacent to an activating group) is 1. The van der Waals surface area contributed by atoms with E-state index in [1.807, 2.05) is 19.0 Å². The van der Waals surface area contributed by atoms with Crippen LogP contribution >= 0.6 is 0 Å². The number of nitrogens with zero attached hydrogens (tertiary/aromatic N) is 2. The number of aromatic hydroxyl groups is 1. The second kappa shape index (κ2) is 9.62. The monoisotopic (exact) mass is 360 g/mol. The van der Waals surface area contributed by atoms with Crippen LogP contribution in [0.5, 0.6) is 11.5 Å². The lowest BCUT2D eigenvalue weighted by molar-refractivity contribution is -0.129. The third-order valence-corrected chi connectivity index (χ3v) is 5.12. The molecule has 0 saturated heterocycles. The number of carbonyl (C=O) groups excluding carboxylic acids is 1. The number of benzene rings is 1. The van der Waals surface area contributed by atoms with Gasteiger partial charge in [-0.15, -0.1) is 0 Å². The van der Waals surface area contributed by atoms with Gasteiger partial charge in [0.2, 0.25) is 5.91 Å². The van der Waals surface area contributed by atoms with Gasteiger partial charge in [0.25, 0.3) is 0 Å². The third kappa shape index (κ3) is 5.77. The summed E-state index contributed by atoms with van der Waals surface area (Å²) in [5.41, 5.74) is 0.831. The minimum atomic E-state index is 0.0541. The van der Waals surface area contributed by atoms with E-state index in [1.165, 1.54) is 20.0 Å². The number of phenols is 1. The summed E-state index contributed by atoms with van der Waals surface area (Å²) in [7, 11) is 5.58. The summed E-state index contributed by atoms with van der Waals surface area (Å²) < 4.78 is 5.13. The molecule has 2 rings (SSSR count). The fourth-order valence-corrected chi connectivity index (χ4v) is 3.40. The number of hydrogen-bond acceptors (Lipinski definition) is 4. The van der Waals surface area contributed by atoms with Gasteiger partial charge < -0.3 is 19.6 Å². The summed E-state index contributed by atoms with van der Waals surface area (Å²) in [6.07, 6.45) is 7.98. The Labute approximate surface area is 157 Å². The molecule has 144 valence electrons. The van der Waals surface area contributed by atoms with Crippen molar-refractivity contribution < 1.29 is 14.6 Å². The lowest BCUT2D eigenvalue weighted by Crippen LogP contribution is -2.44. The van der Waals surface area contributed by atoms with Crippen LogP contribution in [-0.4, -0.2) is 61.2 Å². The largest absolute Gasteiger partial charge is 0.504 e. The number of methoxy groups -OCH3 is 1. The van der Waals surface area contributed by atoms with Crippen LogP contribution in [0.15, 0.2) is 24.3 Å². The first-order valence-electron chi connectivity index (χ1n) is 9.41. The van der Waals surface area contributed by atoms with Crippen LogP contribution in [0.1, 0.15) is 38.2 Å². The van der Waals surface area contributed by atoms with Crippen molar-refractivity contribution >= 4 is 12.0 Å². The van der Waals surface area contributed by atoms with Crippen LogP contribution in [0.4, 0.5) is 0 Å². The van der Waals surface area contributed by atoms with E-state index in [4.69, 9.17) is 4.74 Å². The quantitative estimate of drug-likeness (QED) is 0.758. The van der Waals surface area contributed by atoms with Gasteiger partial charge in [-0.2, -0.15) is 0 Å². The van der Waals surface area contributed by atoms with Crippen LogP contribution in [-0.2, 0) is 4.79 Å². The van der Waals surface area contributed by atoms with Gasteiger partial charge in [-0.3, -0.25) is 4.79 Å². The van der Waals surface area contributed by atoms with E-state index in [9.17, 15) is 9.90 Å². The molecule has 1 aromatic carbocycles. The highest BCUT2D eigenvalue weighted by Gasteiger charge is 2.26. The molecule has 0 radical (unpaired) electrons. The molecule has 0 aliphatic heterocycles. The lowest BCUT2D eigenvalue weighted by Gasteiger charge is -2.36. The van der Waals surface area contributed by atoms with E-state index in [0.29, 0.717) is 11.8 Å². The third-order valence-electron chi connectivity index (χ3n) is 5.12. The second-order valence-electron chi connectivity index (χ2n) is 7.51. The van der Waals surface area contributed by atoms with Gasteiger partial charge in [0, 0.05) is 25.2 Å². The van der Waals surface area contributed by atoms with E-state index in [-0.39, 0.29) is 11.7 Å². The van der Waals surface area contributed by atoms with Gasteiger partial charge in [-0.1, -0.05) is 13.0 Å². The molecule has 1 amide bonds. The molecule has 0 bridgehead atoms. The fraction of sp³-hybridized carbons (Fsp3) is 0.571. The summed E-state index contributed by atoms with van der Waals surface area (Å²) in [6, 6.07) is 5.41. The van der Waals surface area contributed by atoms with Gasteiger partial charge in [-0.25, -0.2) is 0 Å². The molecule has 1 aliphatic carbocycles. The number of amides is 1. The van der Waals surface area contributed by atoms with Crippen molar-refractivity contribution in [2.24, 2.45) is 5.92 Å². The smallest absolute Gasteiger partial charge is 0.246 e. The van der Waals surface area contributed by atoms with Crippen molar-refractivity contribution in [3.8, 4) is 11.5 Å². The van der Waals surface area contributed by atoms with E-state index in [2.05, 4.69) is 11.8 Å². The van der Waals surface area contributed by atoms with Crippen LogP contribution in [0.2, 0.25) is 0 Å². The van der Waals surface area contributed by atoms with Crippen LogP contribution in [0.25, 0.3) is 6.08 Å². The molecule has 1 aromatic rings. The Balaban J connectivity index is 2.09. The Bertz CT molecular complexity index is 620. The van der Waals surface area contributed by atoms with Gasteiger partial charge in [0.1, 0.15) is 0 Å². The second-order valence-corrected chi connectivity index (χ2v) is 7.51. The Morgan fingerprint density at radius 3 is 2.54 bits per heavy atom. The molecule has 1 saturated carbocycles. The molecule has 5 heteroatoms. The highest BCUT2D eigenvalue weighted by molar-refractivity contribution is 5.92. The number of phenolic OH excluding ortho intramolecular Hbond substituents is 1. The molecule has 26 heavy (non-hydrogen) atoms. The molecule has 0 unspecified atom stereocenters. The Morgan fingerprint density at radius 1 is 1.23 bits per heavy atom. The first kappa shape index (κ1) is 20.3. The molecular weight excluding hydrogens is 328 g/mol. The van der Waals surface area contributed by atoms with Crippen molar-refractivity contribution in [1.82, 2.24) is 9.80 Å². The molecule has 1 aliphatic rings. The topological polar surface area (TPSA) is 53.0 Å². The van der Waals surface area contributed by atoms with Crippen LogP contribution < -0.4 is 4.74 Å². The SMILES string of the molecule is COc1cc(/C=C/C(=O)N(CCN(C)C)C2CCC(C)CC2)ccc1O. The standard InChI is InChI=1S/C21H32N2O3/c1-16-5-9-18(10-6-16)23(14-13-22(2)3)21(25)12-8-17-7-11-19(24)20(15-17)26-4/h7-8,11-12,15-16,18,24H,5-6,9-10,13-14H2,1-4H3/b12-8+. The molecule has 0 aromatic heterocycles. The van der Waals surface area contributed by atoms with Gasteiger partial charge in [0.05, 0.1) is 7.11 Å². The van der Waals surface area contributed by atoms with Crippen molar-refractivity contribution in [2.75, 3.05) is 34.3 Å². The summed E-state index contributed by atoms with van der Waals surface area (Å²) in [4.78, 5) is 17.0. The van der Waals surface area contributed by atoms with Crippen molar-refractivity contribution in [1.29, 1.82) is 0 Å². The lowest BCUT2D eigenvalue weighted by atomic mass is 9.86. The zero-order valence-electron chi connectivity index (χ0n) is 16.4. The summed E-state index contributed by atoms with van der Waals surface area (Å²) in [6.45, 7) is 3.90. The molecule has 5 nitrogen and oxygen atoms in total. The van der Waals surface area contributed by atoms with Crippen LogP contribution in [0.3, 0.4) is 0 Å². The average molecular weight is 360 g/mol. The number of rotatable bonds is 7. The fourth-order valence-electron chi connectivity index (χ4n) is 3.40. The van der Waals surface area contributed by atoms with Crippen molar-refractivity contribution in [3.05, 3.63) is 29.8 Å². The maximum Gasteiger partial charge on any atom is 0.246 e. The summed E-state index contributed by atoms with van der Waals surface area (Å²) in [5, 5.41) is 9.69. The number of hydrogen-bond donors (Lipinski definition) is 1. The van der Waals surface area contributed by atoms with Gasteiger partial charge in [0.15, 0.2) is 11.5 Å². The summed E-state index contributed by atoms with van der Waals surface area (Å²) >= 11 is 0. The number of carbonyl (C=O) groups is 1. The minimum Gasteiger partial charge on any atom is -0.504 e. The normalized spacial score (nSPS) is 20.5. The number of ether oxygens (including phenoxy) is 1. The van der Waals surface area contributed by atoms with E-state index < -0.39 is 0 Å². The predicted octanol–water partition coefficient (Wildman–Crippen LogP) is 3.38. The van der Waals surface area contributed by atoms with E-state index >= 15 is 0 Å². The first-order valence-corrected chi connectivity index (χ1v) is 9.41. The average Bonchev–Trinajstić information content (AvgIpc) is 2.62. The van der Waals surface area contributed by atoms with Crippen LogP contribution in [0, 0.1) is 5.92 Å². The molecular formula is C21H32N2O3. The molecule has 0 spiro atoms. The van der Waals surface area contributed by atoms with Gasteiger partial charge in [-0.05, 0) is 69.5 Å². The molecule has 0 heterocycles. The Hall–Kier alpha value is -2.01. The Morgan fingerprint density at radius 2 is 1.92 bits per heavy atom. The molecule has 1 N–H and O–H groups in total. The maximum atomic E-state index is 12.9. The predicted molar refractivity (Wildman–Crippen MR) is 105 cm³/mol.